The van der Waals surface area contributed by atoms with Gasteiger partial charge in [-0.2, -0.15) is 0 Å². The van der Waals surface area contributed by atoms with Gasteiger partial charge in [-0.25, -0.2) is 0 Å². The maximum absolute atomic E-state index is 5.69. The second kappa shape index (κ2) is 4.29. The van der Waals surface area contributed by atoms with Gasteiger partial charge in [0.25, 0.3) is 0 Å². The SMILES string of the molecule is c1ccc(COc2coc3ccccc23)nc1. The maximum atomic E-state index is 5.69. The van der Waals surface area contributed by atoms with Crippen molar-refractivity contribution in [2.75, 3.05) is 0 Å². The van der Waals surface area contributed by atoms with Crippen LogP contribution in [0.3, 0.4) is 0 Å². The van der Waals surface area contributed by atoms with Crippen molar-refractivity contribution < 1.29 is 9.15 Å². The Bertz CT molecular complexity index is 616. The quantitative estimate of drug-likeness (QED) is 0.685. The number of fused-ring (bicyclic) bond motifs is 1. The Balaban J connectivity index is 1.82. The number of hydrogen-bond donors (Lipinski definition) is 0. The summed E-state index contributed by atoms with van der Waals surface area (Å²) < 4.78 is 11.1. The third-order valence-corrected chi connectivity index (χ3v) is 2.55. The van der Waals surface area contributed by atoms with Crippen LogP contribution >= 0.6 is 0 Å². The van der Waals surface area contributed by atoms with Gasteiger partial charge >= 0.3 is 0 Å². The summed E-state index contributed by atoms with van der Waals surface area (Å²) in [6.07, 6.45) is 3.39. The zero-order chi connectivity index (χ0) is 11.5. The van der Waals surface area contributed by atoms with E-state index < -0.39 is 0 Å². The Labute approximate surface area is 98.7 Å². The number of hydrogen-bond acceptors (Lipinski definition) is 3. The Kier molecular flexibility index (Phi) is 2.50. The van der Waals surface area contributed by atoms with Crippen LogP contribution in [0.15, 0.2) is 59.3 Å². The molecule has 0 spiro atoms. The first-order valence-corrected chi connectivity index (χ1v) is 5.42. The number of rotatable bonds is 3. The highest BCUT2D eigenvalue weighted by atomic mass is 16.5. The van der Waals surface area contributed by atoms with Crippen LogP contribution in [0.25, 0.3) is 11.0 Å². The lowest BCUT2D eigenvalue weighted by Gasteiger charge is -2.02. The Morgan fingerprint density at radius 3 is 2.82 bits per heavy atom. The largest absolute Gasteiger partial charge is 0.483 e. The first kappa shape index (κ1) is 9.90. The first-order valence-electron chi connectivity index (χ1n) is 5.42. The lowest BCUT2D eigenvalue weighted by Crippen LogP contribution is -1.96. The monoisotopic (exact) mass is 225 g/mol. The van der Waals surface area contributed by atoms with Gasteiger partial charge in [-0.3, -0.25) is 4.98 Å². The Morgan fingerprint density at radius 1 is 1.06 bits per heavy atom. The van der Waals surface area contributed by atoms with Crippen LogP contribution in [-0.2, 0) is 6.61 Å². The maximum Gasteiger partial charge on any atom is 0.165 e. The Morgan fingerprint density at radius 2 is 1.94 bits per heavy atom. The third-order valence-electron chi connectivity index (χ3n) is 2.55. The van der Waals surface area contributed by atoms with Crippen molar-refractivity contribution in [2.45, 2.75) is 6.61 Å². The van der Waals surface area contributed by atoms with Gasteiger partial charge in [-0.1, -0.05) is 18.2 Å². The van der Waals surface area contributed by atoms with Gasteiger partial charge in [-0.15, -0.1) is 0 Å². The summed E-state index contributed by atoms with van der Waals surface area (Å²) in [7, 11) is 0. The standard InChI is InChI=1S/C14H11NO2/c1-2-7-13-12(6-1)14(10-17-13)16-9-11-5-3-4-8-15-11/h1-8,10H,9H2. The van der Waals surface area contributed by atoms with Crippen LogP contribution in [0, 0.1) is 0 Å². The number of aromatic nitrogens is 1. The zero-order valence-corrected chi connectivity index (χ0v) is 9.17. The van der Waals surface area contributed by atoms with E-state index in [1.807, 2.05) is 42.5 Å². The summed E-state index contributed by atoms with van der Waals surface area (Å²) in [5.41, 5.74) is 1.74. The van der Waals surface area contributed by atoms with E-state index in [9.17, 15) is 0 Å². The smallest absolute Gasteiger partial charge is 0.165 e. The van der Waals surface area contributed by atoms with Crippen molar-refractivity contribution in [1.82, 2.24) is 4.98 Å². The molecule has 0 atom stereocenters. The van der Waals surface area contributed by atoms with Crippen LogP contribution in [0.2, 0.25) is 0 Å². The fraction of sp³-hybridized carbons (Fsp3) is 0.0714. The minimum Gasteiger partial charge on any atom is -0.483 e. The van der Waals surface area contributed by atoms with Gasteiger partial charge < -0.3 is 9.15 Å². The van der Waals surface area contributed by atoms with Crippen molar-refractivity contribution in [3.8, 4) is 5.75 Å². The first-order chi connectivity index (χ1) is 8.43. The fourth-order valence-electron chi connectivity index (χ4n) is 1.70. The van der Waals surface area contributed by atoms with Gasteiger partial charge in [0, 0.05) is 6.20 Å². The molecule has 17 heavy (non-hydrogen) atoms. The molecule has 3 rings (SSSR count). The van der Waals surface area contributed by atoms with Crippen molar-refractivity contribution >= 4 is 11.0 Å². The molecule has 84 valence electrons. The van der Waals surface area contributed by atoms with E-state index in [2.05, 4.69) is 4.98 Å². The number of ether oxygens (including phenoxy) is 1. The molecule has 0 aliphatic heterocycles. The summed E-state index contributed by atoms with van der Waals surface area (Å²) in [6.45, 7) is 0.449. The highest BCUT2D eigenvalue weighted by Gasteiger charge is 2.05. The van der Waals surface area contributed by atoms with Gasteiger partial charge in [0.15, 0.2) is 5.75 Å². The van der Waals surface area contributed by atoms with Crippen molar-refractivity contribution in [3.63, 3.8) is 0 Å². The molecule has 2 aromatic heterocycles. The molecule has 3 aromatic rings. The highest BCUT2D eigenvalue weighted by Crippen LogP contribution is 2.27. The molecule has 0 saturated carbocycles. The molecule has 0 amide bonds. The molecule has 0 fully saturated rings. The van der Waals surface area contributed by atoms with Gasteiger partial charge in [0.05, 0.1) is 11.1 Å². The second-order valence-electron chi connectivity index (χ2n) is 3.71. The Hall–Kier alpha value is -2.29. The van der Waals surface area contributed by atoms with E-state index in [1.165, 1.54) is 0 Å². The van der Waals surface area contributed by atoms with E-state index in [-0.39, 0.29) is 0 Å². The van der Waals surface area contributed by atoms with E-state index in [4.69, 9.17) is 9.15 Å². The molecular formula is C14H11NO2. The van der Waals surface area contributed by atoms with Crippen molar-refractivity contribution in [3.05, 3.63) is 60.6 Å². The van der Waals surface area contributed by atoms with Crippen LogP contribution in [0.4, 0.5) is 0 Å². The zero-order valence-electron chi connectivity index (χ0n) is 9.17. The molecule has 1 aromatic carbocycles. The molecule has 3 heteroatoms. The van der Waals surface area contributed by atoms with Crippen LogP contribution in [-0.4, -0.2) is 4.98 Å². The number of benzene rings is 1. The topological polar surface area (TPSA) is 35.3 Å². The van der Waals surface area contributed by atoms with Gasteiger partial charge in [0.1, 0.15) is 18.5 Å². The van der Waals surface area contributed by atoms with E-state index in [1.54, 1.807) is 12.5 Å². The fourth-order valence-corrected chi connectivity index (χ4v) is 1.70. The number of pyridine rings is 1. The summed E-state index contributed by atoms with van der Waals surface area (Å²) in [5, 5.41) is 0.989. The number of nitrogens with zero attached hydrogens (tertiary/aromatic N) is 1. The molecule has 0 saturated heterocycles. The summed E-state index contributed by atoms with van der Waals surface area (Å²) in [5.74, 6) is 0.756. The van der Waals surface area contributed by atoms with Crippen LogP contribution < -0.4 is 4.74 Å². The highest BCUT2D eigenvalue weighted by molar-refractivity contribution is 5.83. The molecule has 0 aliphatic carbocycles. The number of para-hydroxylation sites is 1. The summed E-state index contributed by atoms with van der Waals surface area (Å²) >= 11 is 0. The molecule has 0 bridgehead atoms. The molecule has 0 N–H and O–H groups in total. The third kappa shape index (κ3) is 1.99. The van der Waals surface area contributed by atoms with Crippen LogP contribution in [0.1, 0.15) is 5.69 Å². The minimum atomic E-state index is 0.449. The molecule has 0 radical (unpaired) electrons. The van der Waals surface area contributed by atoms with E-state index in [0.717, 1.165) is 22.4 Å². The summed E-state index contributed by atoms with van der Waals surface area (Å²) in [6, 6.07) is 13.6. The van der Waals surface area contributed by atoms with Crippen molar-refractivity contribution in [2.24, 2.45) is 0 Å². The average molecular weight is 225 g/mol. The summed E-state index contributed by atoms with van der Waals surface area (Å²) in [4.78, 5) is 4.20. The molecule has 0 aliphatic rings. The predicted molar refractivity (Wildman–Crippen MR) is 64.8 cm³/mol. The molecule has 3 nitrogen and oxygen atoms in total. The second-order valence-corrected chi connectivity index (χ2v) is 3.71. The lowest BCUT2D eigenvalue weighted by atomic mass is 10.2. The molecular weight excluding hydrogens is 214 g/mol. The predicted octanol–water partition coefficient (Wildman–Crippen LogP) is 3.41. The van der Waals surface area contributed by atoms with Gasteiger partial charge in [-0.05, 0) is 24.3 Å². The molecule has 2 heterocycles. The lowest BCUT2D eigenvalue weighted by molar-refractivity contribution is 0.300. The van der Waals surface area contributed by atoms with Crippen LogP contribution in [0.5, 0.6) is 5.75 Å². The van der Waals surface area contributed by atoms with Gasteiger partial charge in [0.2, 0.25) is 0 Å². The normalized spacial score (nSPS) is 10.6. The van der Waals surface area contributed by atoms with E-state index >= 15 is 0 Å². The number of furan rings is 1. The minimum absolute atomic E-state index is 0.449. The molecule has 0 unspecified atom stereocenters. The van der Waals surface area contributed by atoms with Crippen molar-refractivity contribution in [1.29, 1.82) is 0 Å². The van der Waals surface area contributed by atoms with E-state index in [0.29, 0.717) is 6.61 Å². The average Bonchev–Trinajstić information content (AvgIpc) is 2.81.